The van der Waals surface area contributed by atoms with Crippen molar-refractivity contribution in [1.82, 2.24) is 14.7 Å². The van der Waals surface area contributed by atoms with E-state index >= 15 is 0 Å². The molecule has 0 saturated carbocycles. The summed E-state index contributed by atoms with van der Waals surface area (Å²) in [4.78, 5) is 15.6. The molecule has 5 rings (SSSR count). The van der Waals surface area contributed by atoms with Gasteiger partial charge < -0.3 is 24.3 Å². The van der Waals surface area contributed by atoms with Crippen LogP contribution < -0.4 is 14.8 Å². The summed E-state index contributed by atoms with van der Waals surface area (Å²) >= 11 is 0. The summed E-state index contributed by atoms with van der Waals surface area (Å²) in [6, 6.07) is 17.3. The Morgan fingerprint density at radius 2 is 2.06 bits per heavy atom. The third-order valence-corrected chi connectivity index (χ3v) is 6.00. The number of carboxylic acid groups (broad SMARTS) is 1. The minimum Gasteiger partial charge on any atom is -0.493 e. The first-order valence-corrected chi connectivity index (χ1v) is 11.1. The lowest BCUT2D eigenvalue weighted by molar-refractivity contribution is 0.0697. The minimum atomic E-state index is -0.966. The highest BCUT2D eigenvalue weighted by Gasteiger charge is 2.21. The first-order chi connectivity index (χ1) is 16.6. The van der Waals surface area contributed by atoms with Crippen molar-refractivity contribution in [2.45, 2.75) is 19.1 Å². The normalized spacial score (nSPS) is 15.4. The summed E-state index contributed by atoms with van der Waals surface area (Å²) in [6.07, 6.45) is 8.46. The standard InChI is InChI=1S/C27H25N3O4/c1-33-24-15-22-19(13-25(24)34-17-18-5-3-2-4-6-18)9-11-28-23(22)8-7-21-16-29-26-14-20(27(31)32)10-12-30(21)26/h2-8,10,12-16,23,28H,9,11,17H2,1H3,(H,31,32)/b8-7+. The number of nitrogens with one attached hydrogen (secondary N) is 1. The fraction of sp³-hybridized carbons (Fsp3) is 0.185. The van der Waals surface area contributed by atoms with Gasteiger partial charge in [-0.2, -0.15) is 0 Å². The molecule has 172 valence electrons. The van der Waals surface area contributed by atoms with E-state index in [0.29, 0.717) is 18.0 Å². The predicted octanol–water partition coefficient (Wildman–Crippen LogP) is 4.52. The molecule has 2 aromatic carbocycles. The Kier molecular flexibility index (Phi) is 6.01. The van der Waals surface area contributed by atoms with E-state index in [9.17, 15) is 9.90 Å². The smallest absolute Gasteiger partial charge is 0.335 e. The van der Waals surface area contributed by atoms with E-state index in [4.69, 9.17) is 9.47 Å². The maximum absolute atomic E-state index is 11.2. The van der Waals surface area contributed by atoms with E-state index in [1.54, 1.807) is 31.6 Å². The van der Waals surface area contributed by atoms with Crippen LogP contribution in [0.4, 0.5) is 0 Å². The highest BCUT2D eigenvalue weighted by Crippen LogP contribution is 2.36. The molecular weight excluding hydrogens is 430 g/mol. The molecule has 2 aromatic heterocycles. The van der Waals surface area contributed by atoms with Crippen LogP contribution in [0.2, 0.25) is 0 Å². The van der Waals surface area contributed by atoms with Crippen LogP contribution in [-0.4, -0.2) is 34.1 Å². The quantitative estimate of drug-likeness (QED) is 0.426. The molecule has 2 N–H and O–H groups in total. The van der Waals surface area contributed by atoms with Crippen LogP contribution in [0.15, 0.2) is 73.1 Å². The van der Waals surface area contributed by atoms with Crippen molar-refractivity contribution in [2.75, 3.05) is 13.7 Å². The van der Waals surface area contributed by atoms with Crippen LogP contribution in [0, 0.1) is 0 Å². The van der Waals surface area contributed by atoms with Crippen LogP contribution in [0.25, 0.3) is 11.7 Å². The third-order valence-electron chi connectivity index (χ3n) is 6.00. The van der Waals surface area contributed by atoms with E-state index in [-0.39, 0.29) is 11.6 Å². The van der Waals surface area contributed by atoms with Crippen molar-refractivity contribution < 1.29 is 19.4 Å². The van der Waals surface area contributed by atoms with Crippen molar-refractivity contribution >= 4 is 17.7 Å². The zero-order valence-electron chi connectivity index (χ0n) is 18.8. The highest BCUT2D eigenvalue weighted by atomic mass is 16.5. The lowest BCUT2D eigenvalue weighted by Gasteiger charge is -2.26. The number of hydrogen-bond donors (Lipinski definition) is 2. The molecule has 1 aliphatic rings. The maximum Gasteiger partial charge on any atom is 0.335 e. The number of carboxylic acids is 1. The van der Waals surface area contributed by atoms with Crippen LogP contribution in [0.1, 0.15) is 38.8 Å². The van der Waals surface area contributed by atoms with Crippen LogP contribution >= 0.6 is 0 Å². The fourth-order valence-electron chi connectivity index (χ4n) is 4.23. The number of imidazole rings is 1. The second kappa shape index (κ2) is 9.41. The fourth-order valence-corrected chi connectivity index (χ4v) is 4.23. The first-order valence-electron chi connectivity index (χ1n) is 11.1. The molecule has 0 fully saturated rings. The van der Waals surface area contributed by atoms with Gasteiger partial charge in [-0.15, -0.1) is 0 Å². The molecule has 34 heavy (non-hydrogen) atoms. The Morgan fingerprint density at radius 3 is 2.85 bits per heavy atom. The lowest BCUT2D eigenvalue weighted by Crippen LogP contribution is -2.28. The van der Waals surface area contributed by atoms with Crippen LogP contribution in [0.3, 0.4) is 0 Å². The molecule has 4 aromatic rings. The topological polar surface area (TPSA) is 85.1 Å². The van der Waals surface area contributed by atoms with Gasteiger partial charge in [-0.3, -0.25) is 0 Å². The first kappa shape index (κ1) is 21.7. The molecule has 0 radical (unpaired) electrons. The molecule has 0 bridgehead atoms. The van der Waals surface area contributed by atoms with Crippen molar-refractivity contribution in [3.8, 4) is 11.5 Å². The number of nitrogens with zero attached hydrogens (tertiary/aromatic N) is 2. The molecule has 0 amide bonds. The van der Waals surface area contributed by atoms with Gasteiger partial charge in [0.05, 0.1) is 30.6 Å². The minimum absolute atomic E-state index is 0.00432. The summed E-state index contributed by atoms with van der Waals surface area (Å²) in [5, 5.41) is 12.7. The maximum atomic E-state index is 11.2. The summed E-state index contributed by atoms with van der Waals surface area (Å²) in [5.74, 6) is 0.477. The Bertz CT molecular complexity index is 1360. The molecule has 3 heterocycles. The number of pyridine rings is 1. The number of hydrogen-bond acceptors (Lipinski definition) is 5. The summed E-state index contributed by atoms with van der Waals surface area (Å²) in [7, 11) is 1.65. The molecule has 0 aliphatic carbocycles. The van der Waals surface area contributed by atoms with Gasteiger partial charge in [-0.1, -0.05) is 36.4 Å². The van der Waals surface area contributed by atoms with Gasteiger partial charge in [0.1, 0.15) is 12.3 Å². The van der Waals surface area contributed by atoms with Gasteiger partial charge in [0, 0.05) is 12.7 Å². The summed E-state index contributed by atoms with van der Waals surface area (Å²) in [5.41, 5.74) is 5.16. The van der Waals surface area contributed by atoms with E-state index in [1.807, 2.05) is 46.9 Å². The average Bonchev–Trinajstić information content (AvgIpc) is 3.28. The Hall–Kier alpha value is -4.10. The van der Waals surface area contributed by atoms with Crippen LogP contribution in [0.5, 0.6) is 11.5 Å². The van der Waals surface area contributed by atoms with Gasteiger partial charge in [0.25, 0.3) is 0 Å². The molecular formula is C27H25N3O4. The number of methoxy groups -OCH3 is 1. The number of fused-ring (bicyclic) bond motifs is 2. The monoisotopic (exact) mass is 455 g/mol. The Balaban J connectivity index is 1.39. The van der Waals surface area contributed by atoms with Gasteiger partial charge in [0.15, 0.2) is 11.5 Å². The van der Waals surface area contributed by atoms with Gasteiger partial charge in [-0.25, -0.2) is 9.78 Å². The molecule has 0 saturated heterocycles. The number of carbonyl (C=O) groups is 1. The number of ether oxygens (including phenoxy) is 2. The molecule has 1 aliphatic heterocycles. The van der Waals surface area contributed by atoms with E-state index in [0.717, 1.165) is 35.5 Å². The number of rotatable bonds is 7. The van der Waals surface area contributed by atoms with E-state index in [2.05, 4.69) is 22.4 Å². The predicted molar refractivity (Wildman–Crippen MR) is 129 cm³/mol. The average molecular weight is 456 g/mol. The molecule has 1 atom stereocenters. The zero-order chi connectivity index (χ0) is 23.5. The molecule has 7 heteroatoms. The number of aromatic carboxylic acids is 1. The Labute approximate surface area is 197 Å². The lowest BCUT2D eigenvalue weighted by atomic mass is 9.93. The second-order valence-electron chi connectivity index (χ2n) is 8.15. The van der Waals surface area contributed by atoms with Crippen molar-refractivity contribution in [3.05, 3.63) is 101 Å². The zero-order valence-corrected chi connectivity index (χ0v) is 18.8. The number of aromatic nitrogens is 2. The highest BCUT2D eigenvalue weighted by molar-refractivity contribution is 5.88. The van der Waals surface area contributed by atoms with Crippen molar-refractivity contribution in [2.24, 2.45) is 0 Å². The van der Waals surface area contributed by atoms with E-state index < -0.39 is 5.97 Å². The van der Waals surface area contributed by atoms with Gasteiger partial charge in [0.2, 0.25) is 0 Å². The molecule has 7 nitrogen and oxygen atoms in total. The summed E-state index contributed by atoms with van der Waals surface area (Å²) in [6.45, 7) is 1.33. The Morgan fingerprint density at radius 1 is 1.21 bits per heavy atom. The summed E-state index contributed by atoms with van der Waals surface area (Å²) < 4.78 is 13.6. The largest absolute Gasteiger partial charge is 0.493 e. The van der Waals surface area contributed by atoms with E-state index in [1.165, 1.54) is 5.56 Å². The van der Waals surface area contributed by atoms with Crippen molar-refractivity contribution in [3.63, 3.8) is 0 Å². The second-order valence-corrected chi connectivity index (χ2v) is 8.15. The number of benzene rings is 2. The van der Waals surface area contributed by atoms with Gasteiger partial charge >= 0.3 is 5.97 Å². The molecule has 0 spiro atoms. The SMILES string of the molecule is COc1cc2c(cc1OCc1ccccc1)CCNC2/C=C/c1cnc2cc(C(=O)O)ccn12. The third kappa shape index (κ3) is 4.38. The molecule has 1 unspecified atom stereocenters. The van der Waals surface area contributed by atoms with Gasteiger partial charge in [-0.05, 0) is 53.5 Å². The van der Waals surface area contributed by atoms with Crippen molar-refractivity contribution in [1.29, 1.82) is 0 Å². The van der Waals surface area contributed by atoms with Crippen LogP contribution in [-0.2, 0) is 13.0 Å².